The van der Waals surface area contributed by atoms with Gasteiger partial charge in [-0.3, -0.25) is 0 Å². The van der Waals surface area contributed by atoms with Crippen LogP contribution in [-0.2, 0) is 9.84 Å². The molecule has 0 saturated carbocycles. The van der Waals surface area contributed by atoms with Crippen LogP contribution < -0.4 is 9.47 Å². The third kappa shape index (κ3) is 4.80. The van der Waals surface area contributed by atoms with E-state index < -0.39 is 9.84 Å². The second kappa shape index (κ2) is 9.78. The normalized spacial score (nSPS) is 11.6. The zero-order valence-electron chi connectivity index (χ0n) is 13.9. The van der Waals surface area contributed by atoms with E-state index in [1.807, 2.05) is 13.8 Å². The molecule has 0 aromatic heterocycles. The largest absolute Gasteiger partial charge is 0.491 e. The molecule has 0 radical (unpaired) electrons. The Morgan fingerprint density at radius 1 is 0.704 bits per heavy atom. The molecule has 27 heavy (non-hydrogen) atoms. The van der Waals surface area contributed by atoms with E-state index in [1.165, 1.54) is 12.1 Å². The second-order valence-electron chi connectivity index (χ2n) is 5.00. The van der Waals surface area contributed by atoms with Crippen molar-refractivity contribution in [3.05, 3.63) is 39.0 Å². The summed E-state index contributed by atoms with van der Waals surface area (Å²) < 4.78 is 40.8. The summed E-state index contributed by atoms with van der Waals surface area (Å²) in [4.78, 5) is 0.182. The van der Waals surface area contributed by atoms with Crippen LogP contribution in [0.2, 0.25) is 0 Å². The Kier molecular flexibility index (Phi) is 8.75. The SMILES string of the molecule is CCOc1c(Br)cc(S(=O)(=O)c2cc(Br)c(OCC)c(Br)c2Br)c(Br)c1Br. The number of halogens is 6. The second-order valence-corrected chi connectivity index (χ2v) is 11.8. The first-order valence-electron chi connectivity index (χ1n) is 7.43. The van der Waals surface area contributed by atoms with Crippen molar-refractivity contribution in [2.24, 2.45) is 0 Å². The molecule has 2 aromatic rings. The van der Waals surface area contributed by atoms with E-state index in [0.29, 0.717) is 51.5 Å². The molecule has 11 heteroatoms. The van der Waals surface area contributed by atoms with Crippen LogP contribution in [-0.4, -0.2) is 21.6 Å². The van der Waals surface area contributed by atoms with Gasteiger partial charge in [0.2, 0.25) is 9.84 Å². The molecule has 0 aliphatic heterocycles. The lowest BCUT2D eigenvalue weighted by Crippen LogP contribution is -2.07. The van der Waals surface area contributed by atoms with Crippen LogP contribution in [0.4, 0.5) is 0 Å². The van der Waals surface area contributed by atoms with Gasteiger partial charge in [-0.1, -0.05) is 0 Å². The number of benzene rings is 2. The topological polar surface area (TPSA) is 52.6 Å². The maximum Gasteiger partial charge on any atom is 0.208 e. The van der Waals surface area contributed by atoms with Crippen LogP contribution in [0, 0.1) is 0 Å². The third-order valence-electron chi connectivity index (χ3n) is 3.32. The summed E-state index contributed by atoms with van der Waals surface area (Å²) >= 11 is 20.4. The highest BCUT2D eigenvalue weighted by molar-refractivity contribution is 9.13. The molecule has 0 N–H and O–H groups in total. The summed E-state index contributed by atoms with van der Waals surface area (Å²) in [6, 6.07) is 3.03. The number of hydrogen-bond acceptors (Lipinski definition) is 4. The Balaban J connectivity index is 2.74. The lowest BCUT2D eigenvalue weighted by molar-refractivity contribution is 0.335. The average molecular weight is 780 g/mol. The average Bonchev–Trinajstić information content (AvgIpc) is 2.61. The molecule has 0 saturated heterocycles. The van der Waals surface area contributed by atoms with Crippen molar-refractivity contribution in [1.82, 2.24) is 0 Å². The zero-order chi connectivity index (χ0) is 20.5. The van der Waals surface area contributed by atoms with Gasteiger partial charge in [0.1, 0.15) is 11.5 Å². The van der Waals surface area contributed by atoms with E-state index in [2.05, 4.69) is 95.6 Å². The molecule has 0 unspecified atom stereocenters. The van der Waals surface area contributed by atoms with Crippen molar-refractivity contribution >= 4 is 105 Å². The first-order valence-corrected chi connectivity index (χ1v) is 13.7. The van der Waals surface area contributed by atoms with Gasteiger partial charge < -0.3 is 9.47 Å². The van der Waals surface area contributed by atoms with E-state index in [-0.39, 0.29) is 9.79 Å². The number of sulfone groups is 1. The summed E-state index contributed by atoms with van der Waals surface area (Å²) in [6.45, 7) is 4.59. The van der Waals surface area contributed by atoms with Crippen molar-refractivity contribution in [3.8, 4) is 11.5 Å². The van der Waals surface area contributed by atoms with E-state index in [1.54, 1.807) is 0 Å². The fourth-order valence-corrected chi connectivity index (χ4v) is 8.77. The zero-order valence-corrected chi connectivity index (χ0v) is 24.2. The quantitative estimate of drug-likeness (QED) is 0.280. The molecular weight excluding hydrogens is 768 g/mol. The third-order valence-corrected chi connectivity index (χ3v) is 11.1. The summed E-state index contributed by atoms with van der Waals surface area (Å²) in [7, 11) is -3.88. The number of hydrogen-bond donors (Lipinski definition) is 0. The number of ether oxygens (including phenoxy) is 2. The van der Waals surface area contributed by atoms with Gasteiger partial charge in [0, 0.05) is 0 Å². The van der Waals surface area contributed by atoms with Crippen LogP contribution in [0.25, 0.3) is 0 Å². The van der Waals surface area contributed by atoms with Crippen LogP contribution in [0.5, 0.6) is 11.5 Å². The molecule has 0 amide bonds. The Morgan fingerprint density at radius 2 is 1.04 bits per heavy atom. The lowest BCUT2D eigenvalue weighted by Gasteiger charge is -2.17. The number of rotatable bonds is 6. The molecule has 0 aliphatic carbocycles. The van der Waals surface area contributed by atoms with Crippen LogP contribution in [0.3, 0.4) is 0 Å². The molecule has 0 aliphatic rings. The lowest BCUT2D eigenvalue weighted by atomic mass is 10.3. The van der Waals surface area contributed by atoms with Gasteiger partial charge in [0.25, 0.3) is 0 Å². The van der Waals surface area contributed by atoms with Gasteiger partial charge in [0.15, 0.2) is 0 Å². The van der Waals surface area contributed by atoms with Crippen molar-refractivity contribution in [2.45, 2.75) is 23.6 Å². The minimum Gasteiger partial charge on any atom is -0.491 e. The molecular formula is C16H12Br6O4S. The Labute approximate surface area is 208 Å². The molecule has 0 fully saturated rings. The Morgan fingerprint density at radius 3 is 1.33 bits per heavy atom. The van der Waals surface area contributed by atoms with Crippen LogP contribution in [0.15, 0.2) is 48.8 Å². The monoisotopic (exact) mass is 774 g/mol. The van der Waals surface area contributed by atoms with Crippen LogP contribution in [0.1, 0.15) is 13.8 Å². The molecule has 2 rings (SSSR count). The maximum atomic E-state index is 13.4. The van der Waals surface area contributed by atoms with Gasteiger partial charge >= 0.3 is 0 Å². The van der Waals surface area contributed by atoms with Gasteiger partial charge in [-0.25, -0.2) is 8.42 Å². The maximum absolute atomic E-state index is 13.4. The summed E-state index contributed by atoms with van der Waals surface area (Å²) in [6.07, 6.45) is 0. The van der Waals surface area contributed by atoms with Crippen molar-refractivity contribution in [3.63, 3.8) is 0 Å². The van der Waals surface area contributed by atoms with E-state index in [0.717, 1.165) is 0 Å². The first-order chi connectivity index (χ1) is 12.6. The minimum atomic E-state index is -3.88. The standard InChI is InChI=1S/C16H12Br6O4S/c1-3-25-15-7(17)5-9(11(19)13(15)21)27(23,24)10-6-8(18)16(26-4-2)14(22)12(10)20/h5-6H,3-4H2,1-2H3. The Bertz CT molecular complexity index is 918. The van der Waals surface area contributed by atoms with E-state index >= 15 is 0 Å². The summed E-state index contributed by atoms with van der Waals surface area (Å²) in [5, 5.41) is 0. The van der Waals surface area contributed by atoms with Gasteiger partial charge in [-0.2, -0.15) is 0 Å². The molecule has 2 aromatic carbocycles. The minimum absolute atomic E-state index is 0.0911. The highest BCUT2D eigenvalue weighted by Gasteiger charge is 2.30. The fourth-order valence-electron chi connectivity index (χ4n) is 2.18. The predicted octanol–water partition coefficient (Wildman–Crippen LogP) is 7.89. The molecule has 0 bridgehead atoms. The van der Waals surface area contributed by atoms with Gasteiger partial charge in [-0.05, 0) is 122 Å². The smallest absolute Gasteiger partial charge is 0.208 e. The first kappa shape index (κ1) is 24.1. The van der Waals surface area contributed by atoms with Crippen molar-refractivity contribution in [1.29, 1.82) is 0 Å². The van der Waals surface area contributed by atoms with Crippen LogP contribution >= 0.6 is 95.6 Å². The van der Waals surface area contributed by atoms with Gasteiger partial charge in [-0.15, -0.1) is 0 Å². The highest BCUT2D eigenvalue weighted by atomic mass is 79.9. The molecule has 148 valence electrons. The highest BCUT2D eigenvalue weighted by Crippen LogP contribution is 2.48. The summed E-state index contributed by atoms with van der Waals surface area (Å²) in [5.41, 5.74) is 0. The van der Waals surface area contributed by atoms with Crippen molar-refractivity contribution < 1.29 is 17.9 Å². The fraction of sp³-hybridized carbons (Fsp3) is 0.250. The van der Waals surface area contributed by atoms with E-state index in [4.69, 9.17) is 9.47 Å². The molecule has 0 atom stereocenters. The van der Waals surface area contributed by atoms with Crippen molar-refractivity contribution in [2.75, 3.05) is 13.2 Å². The Hall–Kier alpha value is 0.870. The van der Waals surface area contributed by atoms with Gasteiger partial charge in [0.05, 0.1) is 49.8 Å². The predicted molar refractivity (Wildman–Crippen MR) is 127 cm³/mol. The molecule has 0 heterocycles. The molecule has 4 nitrogen and oxygen atoms in total. The molecule has 0 spiro atoms. The summed E-state index contributed by atoms with van der Waals surface area (Å²) in [5.74, 6) is 1.05. The van der Waals surface area contributed by atoms with E-state index in [9.17, 15) is 8.42 Å².